The summed E-state index contributed by atoms with van der Waals surface area (Å²) in [6.45, 7) is 1.40. The zero-order valence-electron chi connectivity index (χ0n) is 13.4. The van der Waals surface area contributed by atoms with E-state index in [4.69, 9.17) is 0 Å². The van der Waals surface area contributed by atoms with Crippen LogP contribution in [0.1, 0.15) is 19.3 Å². The third-order valence-electron chi connectivity index (χ3n) is 4.45. The molecule has 0 bridgehead atoms. The van der Waals surface area contributed by atoms with Crippen LogP contribution < -0.4 is 9.62 Å². The quantitative estimate of drug-likeness (QED) is 0.579. The van der Waals surface area contributed by atoms with Crippen molar-refractivity contribution in [2.24, 2.45) is 0 Å². The molecule has 2 fully saturated rings. The van der Waals surface area contributed by atoms with Crippen molar-refractivity contribution in [2.75, 3.05) is 29.5 Å². The summed E-state index contributed by atoms with van der Waals surface area (Å²) in [6, 6.07) is 3.11. The van der Waals surface area contributed by atoms with Crippen molar-refractivity contribution in [1.82, 2.24) is 4.72 Å². The zero-order chi connectivity index (χ0) is 18.2. The lowest BCUT2D eigenvalue weighted by molar-refractivity contribution is -0.384. The highest BCUT2D eigenvalue weighted by Crippen LogP contribution is 2.33. The molecule has 2 heterocycles. The zero-order valence-corrected chi connectivity index (χ0v) is 15.1. The number of sulfonamides is 1. The van der Waals surface area contributed by atoms with Crippen LogP contribution in [0.2, 0.25) is 0 Å². The van der Waals surface area contributed by atoms with Crippen LogP contribution in [0.15, 0.2) is 23.1 Å². The number of anilines is 1. The van der Waals surface area contributed by atoms with Gasteiger partial charge in [-0.1, -0.05) is 0 Å². The van der Waals surface area contributed by atoms with Gasteiger partial charge in [-0.15, -0.1) is 0 Å². The molecule has 1 aromatic carbocycles. The minimum absolute atomic E-state index is 0.0613. The Morgan fingerprint density at radius 2 is 1.92 bits per heavy atom. The van der Waals surface area contributed by atoms with Crippen molar-refractivity contribution in [2.45, 2.75) is 30.2 Å². The van der Waals surface area contributed by atoms with E-state index in [1.165, 1.54) is 12.1 Å². The number of hydrogen-bond acceptors (Lipinski definition) is 7. The number of nitro benzene ring substituents is 1. The smallest absolute Gasteiger partial charge is 0.293 e. The van der Waals surface area contributed by atoms with Crippen molar-refractivity contribution in [3.63, 3.8) is 0 Å². The number of nitrogens with zero attached hydrogens (tertiary/aromatic N) is 2. The summed E-state index contributed by atoms with van der Waals surface area (Å²) in [5.41, 5.74) is 0.147. The van der Waals surface area contributed by atoms with Crippen molar-refractivity contribution in [1.29, 1.82) is 0 Å². The number of hydrogen-bond donors (Lipinski definition) is 1. The molecule has 0 aromatic heterocycles. The Morgan fingerprint density at radius 1 is 1.24 bits per heavy atom. The van der Waals surface area contributed by atoms with Gasteiger partial charge in [0.05, 0.1) is 21.3 Å². The fourth-order valence-corrected chi connectivity index (χ4v) is 6.29. The van der Waals surface area contributed by atoms with Gasteiger partial charge in [0, 0.05) is 25.2 Å². The molecule has 9 nitrogen and oxygen atoms in total. The highest BCUT2D eigenvalue weighted by atomic mass is 32.2. The molecule has 138 valence electrons. The molecule has 1 atom stereocenters. The van der Waals surface area contributed by atoms with Crippen LogP contribution in [0, 0.1) is 10.1 Å². The van der Waals surface area contributed by atoms with Gasteiger partial charge in [-0.2, -0.15) is 0 Å². The minimum atomic E-state index is -4.03. The number of sulfone groups is 1. The molecule has 0 spiro atoms. The molecular formula is C14H19N3O6S2. The first-order valence-electron chi connectivity index (χ1n) is 7.94. The van der Waals surface area contributed by atoms with E-state index in [9.17, 15) is 26.9 Å². The van der Waals surface area contributed by atoms with E-state index in [0.717, 1.165) is 18.9 Å². The predicted octanol–water partition coefficient (Wildman–Crippen LogP) is 0.660. The van der Waals surface area contributed by atoms with E-state index in [2.05, 4.69) is 4.72 Å². The predicted molar refractivity (Wildman–Crippen MR) is 91.9 cm³/mol. The molecule has 25 heavy (non-hydrogen) atoms. The summed E-state index contributed by atoms with van der Waals surface area (Å²) < 4.78 is 50.2. The molecule has 11 heteroatoms. The second-order valence-corrected chi connectivity index (χ2v) is 10.3. The number of rotatable bonds is 5. The third kappa shape index (κ3) is 3.93. The summed E-state index contributed by atoms with van der Waals surface area (Å²) in [6.07, 6.45) is 2.08. The molecule has 0 saturated carbocycles. The van der Waals surface area contributed by atoms with E-state index in [1.807, 2.05) is 4.90 Å². The lowest BCUT2D eigenvalue weighted by Crippen LogP contribution is -2.35. The van der Waals surface area contributed by atoms with Crippen LogP contribution in [0.4, 0.5) is 11.4 Å². The summed E-state index contributed by atoms with van der Waals surface area (Å²) in [5, 5.41) is 11.4. The van der Waals surface area contributed by atoms with Gasteiger partial charge < -0.3 is 4.90 Å². The highest BCUT2D eigenvalue weighted by molar-refractivity contribution is 7.92. The van der Waals surface area contributed by atoms with Gasteiger partial charge in [-0.3, -0.25) is 10.1 Å². The topological polar surface area (TPSA) is 127 Å². The Kier molecular flexibility index (Phi) is 4.73. The molecule has 2 aliphatic heterocycles. The van der Waals surface area contributed by atoms with Gasteiger partial charge in [0.1, 0.15) is 5.69 Å². The second kappa shape index (κ2) is 6.54. The van der Waals surface area contributed by atoms with Crippen molar-refractivity contribution in [3.8, 4) is 0 Å². The summed E-state index contributed by atoms with van der Waals surface area (Å²) in [4.78, 5) is 12.4. The maximum atomic E-state index is 12.5. The van der Waals surface area contributed by atoms with Crippen LogP contribution in [-0.2, 0) is 19.9 Å². The first-order chi connectivity index (χ1) is 11.7. The van der Waals surface area contributed by atoms with Crippen LogP contribution in [0.5, 0.6) is 0 Å². The molecule has 0 aliphatic carbocycles. The molecule has 0 amide bonds. The Balaban J connectivity index is 1.88. The van der Waals surface area contributed by atoms with Gasteiger partial charge in [0.25, 0.3) is 5.69 Å². The Bertz CT molecular complexity index is 891. The minimum Gasteiger partial charge on any atom is -0.366 e. The summed E-state index contributed by atoms with van der Waals surface area (Å²) >= 11 is 0. The van der Waals surface area contributed by atoms with E-state index in [0.29, 0.717) is 18.8 Å². The Labute approximate surface area is 146 Å². The maximum Gasteiger partial charge on any atom is 0.293 e. The van der Waals surface area contributed by atoms with Gasteiger partial charge in [0.15, 0.2) is 9.84 Å². The van der Waals surface area contributed by atoms with Crippen LogP contribution in [0.3, 0.4) is 0 Å². The monoisotopic (exact) mass is 389 g/mol. The average Bonchev–Trinajstić information content (AvgIpc) is 3.16. The third-order valence-corrected chi connectivity index (χ3v) is 7.74. The van der Waals surface area contributed by atoms with Crippen molar-refractivity contribution >= 4 is 31.2 Å². The Hall–Kier alpha value is -1.72. The average molecular weight is 389 g/mol. The normalized spacial score (nSPS) is 23.0. The lowest BCUT2D eigenvalue weighted by Gasteiger charge is -2.18. The van der Waals surface area contributed by atoms with Crippen molar-refractivity contribution in [3.05, 3.63) is 28.3 Å². The summed E-state index contributed by atoms with van der Waals surface area (Å²) in [5.74, 6) is -0.311. The molecule has 2 aliphatic rings. The molecule has 3 rings (SSSR count). The molecule has 1 aromatic rings. The number of nitrogens with one attached hydrogen (secondary N) is 1. The van der Waals surface area contributed by atoms with E-state index >= 15 is 0 Å². The molecule has 0 radical (unpaired) electrons. The molecule has 1 N–H and O–H groups in total. The lowest BCUT2D eigenvalue weighted by atomic mass is 10.2. The first-order valence-corrected chi connectivity index (χ1v) is 11.2. The number of nitro groups is 1. The van der Waals surface area contributed by atoms with Crippen LogP contribution >= 0.6 is 0 Å². The number of benzene rings is 1. The van der Waals surface area contributed by atoms with Gasteiger partial charge >= 0.3 is 0 Å². The van der Waals surface area contributed by atoms with Gasteiger partial charge in [0.2, 0.25) is 10.0 Å². The van der Waals surface area contributed by atoms with E-state index in [-0.39, 0.29) is 28.5 Å². The van der Waals surface area contributed by atoms with E-state index < -0.39 is 30.8 Å². The van der Waals surface area contributed by atoms with Crippen molar-refractivity contribution < 1.29 is 21.8 Å². The standard InChI is InChI=1S/C14H19N3O6S2/c18-17(19)14-9-12(3-4-13(14)16-6-1-2-7-16)25(22,23)15-11-5-8-24(20,21)10-11/h3-4,9,11,15H,1-2,5-8,10H2. The van der Waals surface area contributed by atoms with Crippen LogP contribution in [0.25, 0.3) is 0 Å². The van der Waals surface area contributed by atoms with E-state index in [1.54, 1.807) is 0 Å². The Morgan fingerprint density at radius 3 is 2.48 bits per heavy atom. The second-order valence-electron chi connectivity index (χ2n) is 6.32. The van der Waals surface area contributed by atoms with Crippen LogP contribution in [-0.4, -0.2) is 52.4 Å². The maximum absolute atomic E-state index is 12.5. The van der Waals surface area contributed by atoms with Gasteiger partial charge in [-0.05, 0) is 31.4 Å². The summed E-state index contributed by atoms with van der Waals surface area (Å²) in [7, 11) is -7.26. The highest BCUT2D eigenvalue weighted by Gasteiger charge is 2.32. The van der Waals surface area contributed by atoms with Gasteiger partial charge in [-0.25, -0.2) is 21.6 Å². The molecule has 2 saturated heterocycles. The largest absolute Gasteiger partial charge is 0.366 e. The SMILES string of the molecule is O=[N+]([O-])c1cc(S(=O)(=O)NC2CCS(=O)(=O)C2)ccc1N1CCCC1. The fraction of sp³-hybridized carbons (Fsp3) is 0.571. The fourth-order valence-electron chi connectivity index (χ4n) is 3.22. The molecular weight excluding hydrogens is 370 g/mol. The first kappa shape index (κ1) is 18.1. The molecule has 1 unspecified atom stereocenters.